The van der Waals surface area contributed by atoms with Gasteiger partial charge in [-0.1, -0.05) is 19.9 Å². The maximum absolute atomic E-state index is 6.01. The third-order valence-corrected chi connectivity index (χ3v) is 2.38. The highest BCUT2D eigenvalue weighted by Gasteiger charge is 2.11. The summed E-state index contributed by atoms with van der Waals surface area (Å²) in [5.41, 5.74) is 9.11. The molecule has 0 saturated heterocycles. The highest BCUT2D eigenvalue weighted by atomic mass is 15.1. The van der Waals surface area contributed by atoms with Gasteiger partial charge < -0.3 is 5.73 Å². The molecule has 2 aromatic heterocycles. The van der Waals surface area contributed by atoms with Crippen molar-refractivity contribution in [3.8, 4) is 0 Å². The van der Waals surface area contributed by atoms with Crippen molar-refractivity contribution in [1.29, 1.82) is 0 Å². The van der Waals surface area contributed by atoms with E-state index >= 15 is 0 Å². The minimum Gasteiger partial charge on any atom is -0.383 e. The van der Waals surface area contributed by atoms with Gasteiger partial charge in [0.25, 0.3) is 0 Å². The molecule has 2 heterocycles. The van der Waals surface area contributed by atoms with Gasteiger partial charge in [0.15, 0.2) is 0 Å². The maximum Gasteiger partial charge on any atom is 0.138 e. The lowest BCUT2D eigenvalue weighted by Gasteiger charge is -2.01. The summed E-state index contributed by atoms with van der Waals surface area (Å²) in [6.07, 6.45) is 2.02. The largest absolute Gasteiger partial charge is 0.383 e. The number of nitrogens with two attached hydrogens (primary N) is 1. The molecular weight excluding hydrogens is 174 g/mol. The van der Waals surface area contributed by atoms with Crippen LogP contribution in [0.1, 0.15) is 31.0 Å². The molecule has 0 atom stereocenters. The fourth-order valence-electron chi connectivity index (χ4n) is 1.61. The zero-order valence-corrected chi connectivity index (χ0v) is 8.78. The number of nitrogen functional groups attached to an aromatic ring is 1. The SMILES string of the molecule is Cc1ccc2nc(C(C)C)c(N)n2c1. The Kier molecular flexibility index (Phi) is 1.95. The topological polar surface area (TPSA) is 43.3 Å². The van der Waals surface area contributed by atoms with Crippen LogP contribution >= 0.6 is 0 Å². The van der Waals surface area contributed by atoms with Crippen LogP contribution in [-0.2, 0) is 0 Å². The number of aryl methyl sites for hydroxylation is 1. The molecule has 3 nitrogen and oxygen atoms in total. The van der Waals surface area contributed by atoms with E-state index in [2.05, 4.69) is 18.8 Å². The average Bonchev–Trinajstić information content (AvgIpc) is 2.44. The number of anilines is 1. The lowest BCUT2D eigenvalue weighted by atomic mass is 10.1. The Bertz CT molecular complexity index is 469. The molecule has 0 aliphatic heterocycles. The van der Waals surface area contributed by atoms with Crippen molar-refractivity contribution in [1.82, 2.24) is 9.38 Å². The van der Waals surface area contributed by atoms with Crippen molar-refractivity contribution >= 4 is 11.5 Å². The second kappa shape index (κ2) is 3.01. The monoisotopic (exact) mass is 189 g/mol. The van der Waals surface area contributed by atoms with E-state index in [0.29, 0.717) is 5.92 Å². The predicted octanol–water partition coefficient (Wildman–Crippen LogP) is 2.35. The molecule has 0 aliphatic rings. The number of imidazole rings is 1. The first-order valence-electron chi connectivity index (χ1n) is 4.83. The summed E-state index contributed by atoms with van der Waals surface area (Å²) in [6.45, 7) is 6.25. The molecule has 14 heavy (non-hydrogen) atoms. The average molecular weight is 189 g/mol. The van der Waals surface area contributed by atoms with E-state index in [1.54, 1.807) is 0 Å². The fraction of sp³-hybridized carbons (Fsp3) is 0.364. The van der Waals surface area contributed by atoms with E-state index in [-0.39, 0.29) is 0 Å². The Hall–Kier alpha value is -1.51. The Morgan fingerprint density at radius 1 is 1.36 bits per heavy atom. The molecular formula is C11H15N3. The first kappa shape index (κ1) is 9.06. The smallest absolute Gasteiger partial charge is 0.138 e. The molecule has 0 aliphatic carbocycles. The standard InChI is InChI=1S/C11H15N3/c1-7(2)10-11(12)14-6-8(3)4-5-9(14)13-10/h4-7H,12H2,1-3H3. The quantitative estimate of drug-likeness (QED) is 0.748. The van der Waals surface area contributed by atoms with Crippen molar-refractivity contribution in [3.05, 3.63) is 29.6 Å². The summed E-state index contributed by atoms with van der Waals surface area (Å²) < 4.78 is 1.95. The number of hydrogen-bond donors (Lipinski definition) is 1. The Morgan fingerprint density at radius 3 is 2.71 bits per heavy atom. The van der Waals surface area contributed by atoms with Gasteiger partial charge in [-0.25, -0.2) is 4.98 Å². The van der Waals surface area contributed by atoms with Crippen molar-refractivity contribution in [2.24, 2.45) is 0 Å². The molecule has 2 N–H and O–H groups in total. The lowest BCUT2D eigenvalue weighted by molar-refractivity contribution is 0.838. The molecule has 2 aromatic rings. The van der Waals surface area contributed by atoms with E-state index in [1.807, 2.05) is 29.7 Å². The van der Waals surface area contributed by atoms with Crippen LogP contribution < -0.4 is 5.73 Å². The summed E-state index contributed by atoms with van der Waals surface area (Å²) in [5, 5.41) is 0. The van der Waals surface area contributed by atoms with E-state index in [1.165, 1.54) is 5.56 Å². The van der Waals surface area contributed by atoms with Crippen LogP contribution in [0.2, 0.25) is 0 Å². The lowest BCUT2D eigenvalue weighted by Crippen LogP contribution is -1.97. The summed E-state index contributed by atoms with van der Waals surface area (Å²) >= 11 is 0. The molecule has 0 bridgehead atoms. The summed E-state index contributed by atoms with van der Waals surface area (Å²) in [6, 6.07) is 4.05. The van der Waals surface area contributed by atoms with Crippen LogP contribution in [0.4, 0.5) is 5.82 Å². The molecule has 74 valence electrons. The maximum atomic E-state index is 6.01. The second-order valence-electron chi connectivity index (χ2n) is 3.97. The Balaban J connectivity index is 2.74. The Labute approximate surface area is 83.6 Å². The van der Waals surface area contributed by atoms with Crippen molar-refractivity contribution in [2.45, 2.75) is 26.7 Å². The van der Waals surface area contributed by atoms with Crippen molar-refractivity contribution in [2.75, 3.05) is 5.73 Å². The highest BCUT2D eigenvalue weighted by molar-refractivity contribution is 5.54. The third-order valence-electron chi connectivity index (χ3n) is 2.38. The minimum atomic E-state index is 0.371. The Morgan fingerprint density at radius 2 is 2.07 bits per heavy atom. The number of rotatable bonds is 1. The van der Waals surface area contributed by atoms with E-state index in [9.17, 15) is 0 Å². The van der Waals surface area contributed by atoms with Gasteiger partial charge in [0, 0.05) is 6.20 Å². The number of pyridine rings is 1. The fourth-order valence-corrected chi connectivity index (χ4v) is 1.61. The zero-order chi connectivity index (χ0) is 10.3. The third kappa shape index (κ3) is 1.25. The first-order chi connectivity index (χ1) is 6.59. The molecule has 0 saturated carbocycles. The summed E-state index contributed by atoms with van der Waals surface area (Å²) in [4.78, 5) is 4.49. The van der Waals surface area contributed by atoms with Gasteiger partial charge in [-0.05, 0) is 24.5 Å². The number of nitrogens with zero attached hydrogens (tertiary/aromatic N) is 2. The van der Waals surface area contributed by atoms with Gasteiger partial charge in [-0.2, -0.15) is 0 Å². The molecule has 0 radical (unpaired) electrons. The van der Waals surface area contributed by atoms with Crippen LogP contribution in [0.5, 0.6) is 0 Å². The predicted molar refractivity (Wildman–Crippen MR) is 58.4 cm³/mol. The van der Waals surface area contributed by atoms with Gasteiger partial charge >= 0.3 is 0 Å². The van der Waals surface area contributed by atoms with E-state index in [0.717, 1.165) is 17.2 Å². The van der Waals surface area contributed by atoms with Crippen LogP contribution in [0.3, 0.4) is 0 Å². The summed E-state index contributed by atoms with van der Waals surface area (Å²) in [5.74, 6) is 1.13. The van der Waals surface area contributed by atoms with E-state index in [4.69, 9.17) is 5.73 Å². The molecule has 0 amide bonds. The molecule has 2 rings (SSSR count). The normalized spacial score (nSPS) is 11.4. The summed E-state index contributed by atoms with van der Waals surface area (Å²) in [7, 11) is 0. The molecule has 0 unspecified atom stereocenters. The van der Waals surface area contributed by atoms with Crippen molar-refractivity contribution < 1.29 is 0 Å². The van der Waals surface area contributed by atoms with Gasteiger partial charge in [0.05, 0.1) is 5.69 Å². The highest BCUT2D eigenvalue weighted by Crippen LogP contribution is 2.22. The second-order valence-corrected chi connectivity index (χ2v) is 3.97. The van der Waals surface area contributed by atoms with Crippen LogP contribution in [0.25, 0.3) is 5.65 Å². The minimum absolute atomic E-state index is 0.371. The van der Waals surface area contributed by atoms with Crippen LogP contribution in [0, 0.1) is 6.92 Å². The van der Waals surface area contributed by atoms with Gasteiger partial charge in [-0.3, -0.25) is 4.40 Å². The van der Waals surface area contributed by atoms with Crippen LogP contribution in [-0.4, -0.2) is 9.38 Å². The van der Waals surface area contributed by atoms with E-state index < -0.39 is 0 Å². The van der Waals surface area contributed by atoms with Crippen LogP contribution in [0.15, 0.2) is 18.3 Å². The number of aromatic nitrogens is 2. The zero-order valence-electron chi connectivity index (χ0n) is 8.78. The van der Waals surface area contributed by atoms with Gasteiger partial charge in [-0.15, -0.1) is 0 Å². The number of fused-ring (bicyclic) bond motifs is 1. The van der Waals surface area contributed by atoms with Gasteiger partial charge in [0.1, 0.15) is 11.5 Å². The molecule has 0 fully saturated rings. The first-order valence-corrected chi connectivity index (χ1v) is 4.83. The van der Waals surface area contributed by atoms with Crippen molar-refractivity contribution in [3.63, 3.8) is 0 Å². The molecule has 0 aromatic carbocycles. The number of hydrogen-bond acceptors (Lipinski definition) is 2. The van der Waals surface area contributed by atoms with Gasteiger partial charge in [0.2, 0.25) is 0 Å². The molecule has 3 heteroatoms. The molecule has 0 spiro atoms.